The van der Waals surface area contributed by atoms with Gasteiger partial charge in [-0.15, -0.1) is 0 Å². The molecule has 0 unspecified atom stereocenters. The van der Waals surface area contributed by atoms with Gasteiger partial charge in [0.2, 0.25) is 0 Å². The number of pyridine rings is 2. The van der Waals surface area contributed by atoms with Gasteiger partial charge in [-0.05, 0) is 48.5 Å². The summed E-state index contributed by atoms with van der Waals surface area (Å²) in [5.41, 5.74) is 2.84. The zero-order valence-corrected chi connectivity index (χ0v) is 13.7. The van der Waals surface area contributed by atoms with Crippen molar-refractivity contribution in [3.05, 3.63) is 84.4 Å². The molecule has 1 aromatic carbocycles. The Hall–Kier alpha value is -3.58. The monoisotopic (exact) mass is 325 g/mol. The number of hydrogen-bond acceptors (Lipinski definition) is 3. The molecule has 0 N–H and O–H groups in total. The van der Waals surface area contributed by atoms with Crippen molar-refractivity contribution >= 4 is 10.9 Å². The minimum Gasteiger partial charge on any atom is -0.497 e. The zero-order chi connectivity index (χ0) is 17.1. The molecule has 0 spiro atoms. The number of aromatic nitrogens is 3. The average molecular weight is 325 g/mol. The van der Waals surface area contributed by atoms with Crippen molar-refractivity contribution in [1.29, 1.82) is 0 Å². The van der Waals surface area contributed by atoms with Crippen LogP contribution in [0, 0.1) is 11.8 Å². The van der Waals surface area contributed by atoms with E-state index < -0.39 is 0 Å². The number of fused-ring (bicyclic) bond motifs is 1. The van der Waals surface area contributed by atoms with Crippen molar-refractivity contribution in [3.63, 3.8) is 0 Å². The first kappa shape index (κ1) is 15.0. The maximum Gasteiger partial charge on any atom is 0.137 e. The van der Waals surface area contributed by atoms with Crippen LogP contribution >= 0.6 is 0 Å². The van der Waals surface area contributed by atoms with Crippen LogP contribution in [0.15, 0.2) is 73.3 Å². The maximum atomic E-state index is 5.15. The Balaban J connectivity index is 1.59. The molecule has 4 rings (SSSR count). The van der Waals surface area contributed by atoms with E-state index in [9.17, 15) is 0 Å². The van der Waals surface area contributed by atoms with Crippen LogP contribution in [-0.4, -0.2) is 21.6 Å². The van der Waals surface area contributed by atoms with Crippen LogP contribution in [0.1, 0.15) is 11.1 Å². The van der Waals surface area contributed by atoms with Crippen molar-refractivity contribution < 1.29 is 4.74 Å². The molecule has 4 nitrogen and oxygen atoms in total. The van der Waals surface area contributed by atoms with Crippen molar-refractivity contribution in [3.8, 4) is 23.4 Å². The van der Waals surface area contributed by atoms with Crippen molar-refractivity contribution in [2.45, 2.75) is 0 Å². The lowest BCUT2D eigenvalue weighted by Crippen LogP contribution is -1.95. The molecule has 0 saturated heterocycles. The van der Waals surface area contributed by atoms with Gasteiger partial charge in [0.1, 0.15) is 11.6 Å². The molecule has 3 heterocycles. The zero-order valence-electron chi connectivity index (χ0n) is 13.7. The van der Waals surface area contributed by atoms with E-state index in [2.05, 4.69) is 27.9 Å². The Kier molecular flexibility index (Phi) is 3.89. The molecule has 3 aromatic heterocycles. The van der Waals surface area contributed by atoms with Crippen LogP contribution in [0.4, 0.5) is 0 Å². The molecular weight excluding hydrogens is 310 g/mol. The first-order valence-corrected chi connectivity index (χ1v) is 7.87. The highest BCUT2D eigenvalue weighted by Crippen LogP contribution is 2.18. The summed E-state index contributed by atoms with van der Waals surface area (Å²) in [7, 11) is 1.65. The van der Waals surface area contributed by atoms with E-state index >= 15 is 0 Å². The van der Waals surface area contributed by atoms with Gasteiger partial charge in [-0.2, -0.15) is 0 Å². The summed E-state index contributed by atoms with van der Waals surface area (Å²) in [4.78, 5) is 8.71. The normalized spacial score (nSPS) is 10.3. The minimum absolute atomic E-state index is 0.824. The van der Waals surface area contributed by atoms with Gasteiger partial charge in [0, 0.05) is 35.1 Å². The van der Waals surface area contributed by atoms with E-state index in [1.54, 1.807) is 19.5 Å². The quantitative estimate of drug-likeness (QED) is 0.526. The third kappa shape index (κ3) is 3.08. The van der Waals surface area contributed by atoms with Gasteiger partial charge < -0.3 is 4.74 Å². The van der Waals surface area contributed by atoms with Gasteiger partial charge in [0.05, 0.1) is 18.8 Å². The third-order valence-corrected chi connectivity index (χ3v) is 3.93. The van der Waals surface area contributed by atoms with Gasteiger partial charge in [0.25, 0.3) is 0 Å². The summed E-state index contributed by atoms with van der Waals surface area (Å²) in [6.07, 6.45) is 7.41. The second kappa shape index (κ2) is 6.50. The van der Waals surface area contributed by atoms with Crippen LogP contribution in [0.3, 0.4) is 0 Å². The Morgan fingerprint density at radius 1 is 0.880 bits per heavy atom. The molecule has 0 radical (unpaired) electrons. The third-order valence-electron chi connectivity index (χ3n) is 3.93. The molecule has 25 heavy (non-hydrogen) atoms. The highest BCUT2D eigenvalue weighted by molar-refractivity contribution is 5.80. The Morgan fingerprint density at radius 3 is 2.44 bits per heavy atom. The summed E-state index contributed by atoms with van der Waals surface area (Å²) >= 11 is 0. The molecule has 0 amide bonds. The van der Waals surface area contributed by atoms with E-state index in [-0.39, 0.29) is 0 Å². The van der Waals surface area contributed by atoms with Gasteiger partial charge >= 0.3 is 0 Å². The lowest BCUT2D eigenvalue weighted by atomic mass is 10.2. The highest BCUT2D eigenvalue weighted by Gasteiger charge is 2.03. The van der Waals surface area contributed by atoms with Crippen LogP contribution in [0.5, 0.6) is 5.75 Å². The van der Waals surface area contributed by atoms with Crippen molar-refractivity contribution in [2.75, 3.05) is 7.11 Å². The Bertz CT molecular complexity index is 1070. The number of methoxy groups -OCH3 is 1. The Labute approximate surface area is 145 Å². The van der Waals surface area contributed by atoms with E-state index in [4.69, 9.17) is 4.74 Å². The molecular formula is C21H15N3O. The van der Waals surface area contributed by atoms with E-state index in [0.717, 1.165) is 33.6 Å². The maximum absolute atomic E-state index is 5.15. The lowest BCUT2D eigenvalue weighted by Gasteiger charge is -2.03. The van der Waals surface area contributed by atoms with Gasteiger partial charge in [-0.25, -0.2) is 4.98 Å². The largest absolute Gasteiger partial charge is 0.497 e. The smallest absolute Gasteiger partial charge is 0.137 e. The molecule has 0 fully saturated rings. The molecule has 4 aromatic rings. The van der Waals surface area contributed by atoms with Crippen LogP contribution in [0.2, 0.25) is 0 Å². The SMILES string of the molecule is COc1ccc(C#Cc2ccc(-n3ccc4ccncc43)nc2)cc1. The first-order chi connectivity index (χ1) is 12.3. The molecule has 0 aliphatic rings. The standard InChI is InChI=1S/C21H15N3O/c1-25-19-7-4-16(5-8-19)2-3-17-6-9-21(23-14-17)24-13-11-18-10-12-22-15-20(18)24/h4-15H,1H3. The summed E-state index contributed by atoms with van der Waals surface area (Å²) < 4.78 is 7.16. The van der Waals surface area contributed by atoms with Crippen LogP contribution in [-0.2, 0) is 0 Å². The van der Waals surface area contributed by atoms with Crippen LogP contribution in [0.25, 0.3) is 16.7 Å². The summed E-state index contributed by atoms with van der Waals surface area (Å²) in [6.45, 7) is 0. The molecule has 0 aliphatic carbocycles. The number of benzene rings is 1. The van der Waals surface area contributed by atoms with E-state index in [0.29, 0.717) is 0 Å². The molecule has 4 heteroatoms. The minimum atomic E-state index is 0.824. The van der Waals surface area contributed by atoms with E-state index in [1.807, 2.05) is 59.4 Å². The predicted molar refractivity (Wildman–Crippen MR) is 97.8 cm³/mol. The first-order valence-electron chi connectivity index (χ1n) is 7.87. The topological polar surface area (TPSA) is 39.9 Å². The fraction of sp³-hybridized carbons (Fsp3) is 0.0476. The summed E-state index contributed by atoms with van der Waals surface area (Å²) in [5, 5.41) is 1.14. The average Bonchev–Trinajstić information content (AvgIpc) is 3.11. The number of ether oxygens (including phenoxy) is 1. The lowest BCUT2D eigenvalue weighted by molar-refractivity contribution is 0.415. The van der Waals surface area contributed by atoms with Gasteiger partial charge in [-0.3, -0.25) is 9.55 Å². The fourth-order valence-corrected chi connectivity index (χ4v) is 2.60. The number of hydrogen-bond donors (Lipinski definition) is 0. The molecule has 0 saturated carbocycles. The summed E-state index contributed by atoms with van der Waals surface area (Å²) in [5.74, 6) is 7.94. The predicted octanol–water partition coefficient (Wildman–Crippen LogP) is 3.83. The second-order valence-electron chi connectivity index (χ2n) is 5.50. The molecule has 0 bridgehead atoms. The van der Waals surface area contributed by atoms with Gasteiger partial charge in [-0.1, -0.05) is 11.8 Å². The van der Waals surface area contributed by atoms with Crippen LogP contribution < -0.4 is 4.74 Å². The summed E-state index contributed by atoms with van der Waals surface area (Å²) in [6, 6.07) is 15.6. The number of nitrogens with zero attached hydrogens (tertiary/aromatic N) is 3. The Morgan fingerprint density at radius 2 is 1.68 bits per heavy atom. The molecule has 0 atom stereocenters. The van der Waals surface area contributed by atoms with Crippen molar-refractivity contribution in [1.82, 2.24) is 14.5 Å². The fourth-order valence-electron chi connectivity index (χ4n) is 2.60. The molecule has 120 valence electrons. The molecule has 0 aliphatic heterocycles. The van der Waals surface area contributed by atoms with E-state index in [1.165, 1.54) is 0 Å². The van der Waals surface area contributed by atoms with Crippen molar-refractivity contribution in [2.24, 2.45) is 0 Å². The highest BCUT2D eigenvalue weighted by atomic mass is 16.5. The number of rotatable bonds is 2. The van der Waals surface area contributed by atoms with Gasteiger partial charge in [0.15, 0.2) is 0 Å². The second-order valence-corrected chi connectivity index (χ2v) is 5.50.